The average molecular weight is 260 g/mol. The van der Waals surface area contributed by atoms with E-state index in [-0.39, 0.29) is 0 Å². The Balaban J connectivity index is 2.08. The van der Waals surface area contributed by atoms with Crippen LogP contribution in [-0.4, -0.2) is 26.7 Å². The fraction of sp³-hybridized carbons (Fsp3) is 0.647. The second-order valence-electron chi connectivity index (χ2n) is 6.23. The molecule has 1 unspecified atom stereocenters. The molecule has 1 N–H and O–H groups in total. The molecule has 1 saturated heterocycles. The minimum atomic E-state index is 0.464. The third-order valence-corrected chi connectivity index (χ3v) is 4.36. The van der Waals surface area contributed by atoms with Gasteiger partial charge in [-0.2, -0.15) is 0 Å². The standard InChI is InChI=1S/C17H28N2/c1-4-9-17(10-6-11-18-13-17)14-19(3)16-8-5-7-15(2)12-16/h5,7-8,12,18H,4,6,9-11,13-14H2,1-3H3. The van der Waals surface area contributed by atoms with Gasteiger partial charge in [0.05, 0.1) is 0 Å². The molecule has 1 atom stereocenters. The molecular formula is C17H28N2. The van der Waals surface area contributed by atoms with Crippen molar-refractivity contribution in [1.29, 1.82) is 0 Å². The van der Waals surface area contributed by atoms with Crippen LogP contribution in [0.1, 0.15) is 38.2 Å². The number of anilines is 1. The molecule has 0 saturated carbocycles. The quantitative estimate of drug-likeness (QED) is 0.870. The van der Waals surface area contributed by atoms with Crippen molar-refractivity contribution in [1.82, 2.24) is 5.32 Å². The van der Waals surface area contributed by atoms with Crippen molar-refractivity contribution in [3.63, 3.8) is 0 Å². The van der Waals surface area contributed by atoms with Crippen LogP contribution in [0.5, 0.6) is 0 Å². The first-order valence-electron chi connectivity index (χ1n) is 7.64. The van der Waals surface area contributed by atoms with E-state index in [1.54, 1.807) is 0 Å². The summed E-state index contributed by atoms with van der Waals surface area (Å²) in [5.74, 6) is 0. The second kappa shape index (κ2) is 6.42. The Morgan fingerprint density at radius 3 is 2.84 bits per heavy atom. The number of rotatable bonds is 5. The molecule has 1 heterocycles. The van der Waals surface area contributed by atoms with E-state index in [0.29, 0.717) is 5.41 Å². The number of hydrogen-bond acceptors (Lipinski definition) is 2. The number of nitrogens with zero attached hydrogens (tertiary/aromatic N) is 1. The van der Waals surface area contributed by atoms with Gasteiger partial charge in [-0.25, -0.2) is 0 Å². The maximum atomic E-state index is 3.60. The summed E-state index contributed by atoms with van der Waals surface area (Å²) in [5, 5.41) is 3.60. The zero-order valence-electron chi connectivity index (χ0n) is 12.7. The van der Waals surface area contributed by atoms with E-state index in [1.165, 1.54) is 50.0 Å². The maximum absolute atomic E-state index is 3.60. The summed E-state index contributed by atoms with van der Waals surface area (Å²) >= 11 is 0. The summed E-state index contributed by atoms with van der Waals surface area (Å²) in [5.41, 5.74) is 3.16. The number of hydrogen-bond donors (Lipinski definition) is 1. The van der Waals surface area contributed by atoms with E-state index < -0.39 is 0 Å². The number of piperidine rings is 1. The van der Waals surface area contributed by atoms with Crippen LogP contribution in [0, 0.1) is 12.3 Å². The van der Waals surface area contributed by atoms with Crippen LogP contribution < -0.4 is 10.2 Å². The third kappa shape index (κ3) is 3.73. The van der Waals surface area contributed by atoms with Crippen molar-refractivity contribution >= 4 is 5.69 Å². The van der Waals surface area contributed by atoms with Crippen LogP contribution in [0.2, 0.25) is 0 Å². The predicted molar refractivity (Wildman–Crippen MR) is 83.9 cm³/mol. The molecule has 0 aliphatic carbocycles. The Labute approximate surface area is 118 Å². The Kier molecular flexibility index (Phi) is 4.87. The summed E-state index contributed by atoms with van der Waals surface area (Å²) in [6.07, 6.45) is 5.30. The van der Waals surface area contributed by atoms with Gasteiger partial charge in [-0.15, -0.1) is 0 Å². The number of benzene rings is 1. The fourth-order valence-corrected chi connectivity index (χ4v) is 3.45. The SMILES string of the molecule is CCCC1(CN(C)c2cccc(C)c2)CCCNC1. The van der Waals surface area contributed by atoms with Gasteiger partial charge in [0.15, 0.2) is 0 Å². The highest BCUT2D eigenvalue weighted by Gasteiger charge is 2.32. The average Bonchev–Trinajstić information content (AvgIpc) is 2.40. The Morgan fingerprint density at radius 1 is 1.37 bits per heavy atom. The van der Waals surface area contributed by atoms with Gasteiger partial charge in [-0.1, -0.05) is 25.5 Å². The molecule has 2 nitrogen and oxygen atoms in total. The molecule has 0 spiro atoms. The summed E-state index contributed by atoms with van der Waals surface area (Å²) in [4.78, 5) is 2.44. The monoisotopic (exact) mass is 260 g/mol. The lowest BCUT2D eigenvalue weighted by atomic mass is 9.76. The van der Waals surface area contributed by atoms with Crippen molar-refractivity contribution in [2.24, 2.45) is 5.41 Å². The van der Waals surface area contributed by atoms with E-state index in [9.17, 15) is 0 Å². The van der Waals surface area contributed by atoms with Crippen LogP contribution in [0.4, 0.5) is 5.69 Å². The first-order chi connectivity index (χ1) is 9.15. The lowest BCUT2D eigenvalue weighted by Crippen LogP contribution is -2.46. The van der Waals surface area contributed by atoms with Crippen molar-refractivity contribution in [3.8, 4) is 0 Å². The maximum Gasteiger partial charge on any atom is 0.0366 e. The van der Waals surface area contributed by atoms with Gasteiger partial charge in [-0.3, -0.25) is 0 Å². The highest BCUT2D eigenvalue weighted by molar-refractivity contribution is 5.47. The molecule has 0 bridgehead atoms. The van der Waals surface area contributed by atoms with Gasteiger partial charge >= 0.3 is 0 Å². The van der Waals surface area contributed by atoms with E-state index in [0.717, 1.165) is 6.54 Å². The molecule has 2 rings (SSSR count). The number of aryl methyl sites for hydroxylation is 1. The van der Waals surface area contributed by atoms with Crippen molar-refractivity contribution in [3.05, 3.63) is 29.8 Å². The smallest absolute Gasteiger partial charge is 0.0366 e. The van der Waals surface area contributed by atoms with Crippen LogP contribution in [0.15, 0.2) is 24.3 Å². The summed E-state index contributed by atoms with van der Waals surface area (Å²) in [6.45, 7) is 8.01. The zero-order chi connectivity index (χ0) is 13.7. The second-order valence-corrected chi connectivity index (χ2v) is 6.23. The molecule has 1 fully saturated rings. The molecule has 0 aromatic heterocycles. The van der Waals surface area contributed by atoms with Crippen molar-refractivity contribution in [2.45, 2.75) is 39.5 Å². The molecule has 19 heavy (non-hydrogen) atoms. The normalized spacial score (nSPS) is 23.3. The molecular weight excluding hydrogens is 232 g/mol. The zero-order valence-corrected chi connectivity index (χ0v) is 12.7. The van der Waals surface area contributed by atoms with E-state index >= 15 is 0 Å². The van der Waals surface area contributed by atoms with Crippen molar-refractivity contribution in [2.75, 3.05) is 31.6 Å². The molecule has 106 valence electrons. The summed E-state index contributed by atoms with van der Waals surface area (Å²) in [7, 11) is 2.24. The lowest BCUT2D eigenvalue weighted by molar-refractivity contribution is 0.197. The van der Waals surface area contributed by atoms with Gasteiger partial charge in [0.25, 0.3) is 0 Å². The number of nitrogens with one attached hydrogen (secondary N) is 1. The van der Waals surface area contributed by atoms with Gasteiger partial charge in [0.1, 0.15) is 0 Å². The fourth-order valence-electron chi connectivity index (χ4n) is 3.45. The molecule has 1 aromatic carbocycles. The van der Waals surface area contributed by atoms with Crippen LogP contribution in [-0.2, 0) is 0 Å². The summed E-state index contributed by atoms with van der Waals surface area (Å²) < 4.78 is 0. The molecule has 1 aliphatic heterocycles. The third-order valence-electron chi connectivity index (χ3n) is 4.36. The largest absolute Gasteiger partial charge is 0.374 e. The first-order valence-corrected chi connectivity index (χ1v) is 7.64. The lowest BCUT2D eigenvalue weighted by Gasteiger charge is -2.41. The Bertz CT molecular complexity index is 388. The predicted octanol–water partition coefficient (Wildman–Crippen LogP) is 3.60. The molecule has 0 amide bonds. The topological polar surface area (TPSA) is 15.3 Å². The Hall–Kier alpha value is -1.02. The molecule has 2 heteroatoms. The van der Waals surface area contributed by atoms with Crippen LogP contribution >= 0.6 is 0 Å². The van der Waals surface area contributed by atoms with E-state index in [2.05, 4.69) is 55.4 Å². The summed E-state index contributed by atoms with van der Waals surface area (Å²) in [6, 6.07) is 8.84. The van der Waals surface area contributed by atoms with Gasteiger partial charge < -0.3 is 10.2 Å². The highest BCUT2D eigenvalue weighted by atomic mass is 15.1. The van der Waals surface area contributed by atoms with Crippen LogP contribution in [0.3, 0.4) is 0 Å². The molecule has 1 aliphatic rings. The minimum absolute atomic E-state index is 0.464. The molecule has 0 radical (unpaired) electrons. The Morgan fingerprint density at radius 2 is 2.21 bits per heavy atom. The van der Waals surface area contributed by atoms with Crippen molar-refractivity contribution < 1.29 is 0 Å². The van der Waals surface area contributed by atoms with E-state index in [1.807, 2.05) is 0 Å². The van der Waals surface area contributed by atoms with Gasteiger partial charge in [0.2, 0.25) is 0 Å². The minimum Gasteiger partial charge on any atom is -0.374 e. The first kappa shape index (κ1) is 14.4. The van der Waals surface area contributed by atoms with Gasteiger partial charge in [-0.05, 0) is 50.4 Å². The molecule has 1 aromatic rings. The van der Waals surface area contributed by atoms with Crippen LogP contribution in [0.25, 0.3) is 0 Å². The van der Waals surface area contributed by atoms with Gasteiger partial charge in [0, 0.05) is 31.2 Å². The van der Waals surface area contributed by atoms with E-state index in [4.69, 9.17) is 0 Å². The highest BCUT2D eigenvalue weighted by Crippen LogP contribution is 2.33.